The Morgan fingerprint density at radius 2 is 1.68 bits per heavy atom. The molecule has 2 aromatic rings. The fourth-order valence-electron chi connectivity index (χ4n) is 3.14. The summed E-state index contributed by atoms with van der Waals surface area (Å²) in [5.74, 6) is -1.48. The predicted molar refractivity (Wildman–Crippen MR) is 134 cm³/mol. The number of amides is 2. The van der Waals surface area contributed by atoms with Gasteiger partial charge in [-0.1, -0.05) is 28.1 Å². The zero-order chi connectivity index (χ0) is 25.6. The first-order valence-corrected chi connectivity index (χ1v) is 12.8. The monoisotopic (exact) mass is 556 g/mol. The maximum absolute atomic E-state index is 13.5. The summed E-state index contributed by atoms with van der Waals surface area (Å²) in [5.41, 5.74) is 0.890. The molecule has 186 valence electrons. The van der Waals surface area contributed by atoms with Gasteiger partial charge < -0.3 is 10.2 Å². The van der Waals surface area contributed by atoms with Crippen molar-refractivity contribution in [2.45, 2.75) is 39.4 Å². The summed E-state index contributed by atoms with van der Waals surface area (Å²) in [7, 11) is -1.41. The highest BCUT2D eigenvalue weighted by molar-refractivity contribution is 9.10. The first-order chi connectivity index (χ1) is 15.8. The van der Waals surface area contributed by atoms with Crippen LogP contribution in [0.5, 0.6) is 0 Å². The van der Waals surface area contributed by atoms with Gasteiger partial charge in [0.1, 0.15) is 18.4 Å². The predicted octanol–water partition coefficient (Wildman–Crippen LogP) is 3.14. The van der Waals surface area contributed by atoms with Crippen LogP contribution < -0.4 is 9.62 Å². The smallest absolute Gasteiger partial charge is 0.304 e. The van der Waals surface area contributed by atoms with Crippen molar-refractivity contribution in [2.24, 2.45) is 0 Å². The number of carbonyl (C=O) groups is 2. The standard InChI is InChI=1S/C23H30BrFN4O4S/c1-16(2)26-23(31)17(3)28(14-18-7-6-8-19(24)13-18)22(30)15-29(34(32,33)27(4)5)21-11-9-20(25)10-12-21/h6-13,16-17H,14-15H2,1-5H3,(H,26,31)/t17-/m1/s1. The zero-order valence-electron chi connectivity index (χ0n) is 19.8. The van der Waals surface area contributed by atoms with Gasteiger partial charge in [0.25, 0.3) is 0 Å². The third kappa shape index (κ3) is 7.25. The lowest BCUT2D eigenvalue weighted by Crippen LogP contribution is -2.53. The van der Waals surface area contributed by atoms with E-state index in [1.807, 2.05) is 38.1 Å². The number of anilines is 1. The van der Waals surface area contributed by atoms with Crippen molar-refractivity contribution in [3.8, 4) is 0 Å². The SMILES string of the molecule is CC(C)NC(=O)[C@@H](C)N(Cc1cccc(Br)c1)C(=O)CN(c1ccc(F)cc1)S(=O)(=O)N(C)C. The molecule has 11 heteroatoms. The van der Waals surface area contributed by atoms with Crippen molar-refractivity contribution in [2.75, 3.05) is 24.9 Å². The van der Waals surface area contributed by atoms with E-state index in [-0.39, 0.29) is 24.2 Å². The van der Waals surface area contributed by atoms with Crippen LogP contribution in [0.1, 0.15) is 26.3 Å². The molecule has 1 atom stereocenters. The van der Waals surface area contributed by atoms with Crippen molar-refractivity contribution in [3.05, 3.63) is 64.4 Å². The number of benzene rings is 2. The maximum Gasteiger partial charge on any atom is 0.304 e. The molecule has 0 fully saturated rings. The van der Waals surface area contributed by atoms with E-state index in [0.29, 0.717) is 0 Å². The summed E-state index contributed by atoms with van der Waals surface area (Å²) in [6.07, 6.45) is 0. The van der Waals surface area contributed by atoms with Gasteiger partial charge in [0.15, 0.2) is 0 Å². The average Bonchev–Trinajstić information content (AvgIpc) is 2.75. The average molecular weight is 557 g/mol. The molecule has 2 amide bonds. The lowest BCUT2D eigenvalue weighted by atomic mass is 10.1. The Bertz CT molecular complexity index is 1110. The van der Waals surface area contributed by atoms with Crippen LogP contribution in [-0.2, 0) is 26.3 Å². The summed E-state index contributed by atoms with van der Waals surface area (Å²) in [4.78, 5) is 27.6. The number of nitrogens with zero attached hydrogens (tertiary/aromatic N) is 3. The molecule has 0 saturated carbocycles. The maximum atomic E-state index is 13.5. The third-order valence-corrected chi connectivity index (χ3v) is 7.29. The van der Waals surface area contributed by atoms with Crippen LogP contribution in [0.25, 0.3) is 0 Å². The number of hydrogen-bond acceptors (Lipinski definition) is 4. The molecule has 2 aromatic carbocycles. The molecular formula is C23H30BrFN4O4S. The van der Waals surface area contributed by atoms with Crippen LogP contribution in [0, 0.1) is 5.82 Å². The van der Waals surface area contributed by atoms with E-state index in [1.54, 1.807) is 6.92 Å². The lowest BCUT2D eigenvalue weighted by molar-refractivity contribution is -0.139. The summed E-state index contributed by atoms with van der Waals surface area (Å²) in [5, 5.41) is 2.79. The van der Waals surface area contributed by atoms with E-state index in [9.17, 15) is 22.4 Å². The number of carbonyl (C=O) groups excluding carboxylic acids is 2. The number of rotatable bonds is 10. The molecular weight excluding hydrogens is 527 g/mol. The van der Waals surface area contributed by atoms with Crippen molar-refractivity contribution >= 4 is 43.6 Å². The molecule has 0 unspecified atom stereocenters. The van der Waals surface area contributed by atoms with Gasteiger partial charge >= 0.3 is 10.2 Å². The van der Waals surface area contributed by atoms with Crippen LogP contribution >= 0.6 is 15.9 Å². The summed E-state index contributed by atoms with van der Waals surface area (Å²) in [6.45, 7) is 4.73. The zero-order valence-corrected chi connectivity index (χ0v) is 22.2. The van der Waals surface area contributed by atoms with Crippen LogP contribution in [-0.4, -0.2) is 62.2 Å². The van der Waals surface area contributed by atoms with E-state index < -0.39 is 34.5 Å². The Balaban J connectivity index is 2.45. The Labute approximate surface area is 209 Å². The van der Waals surface area contributed by atoms with E-state index in [0.717, 1.165) is 30.8 Å². The molecule has 8 nitrogen and oxygen atoms in total. The molecule has 34 heavy (non-hydrogen) atoms. The third-order valence-electron chi connectivity index (χ3n) is 4.97. The number of hydrogen-bond donors (Lipinski definition) is 1. The minimum atomic E-state index is -4.09. The van der Waals surface area contributed by atoms with Gasteiger partial charge in [-0.3, -0.25) is 9.59 Å². The van der Waals surface area contributed by atoms with Crippen molar-refractivity contribution in [1.29, 1.82) is 0 Å². The van der Waals surface area contributed by atoms with Crippen molar-refractivity contribution in [3.63, 3.8) is 0 Å². The fourth-order valence-corrected chi connectivity index (χ4v) is 4.65. The number of nitrogens with one attached hydrogen (secondary N) is 1. The molecule has 0 aliphatic carbocycles. The number of halogens is 2. The molecule has 2 rings (SSSR count). The molecule has 0 bridgehead atoms. The molecule has 0 aliphatic heterocycles. The van der Waals surface area contributed by atoms with Crippen LogP contribution in [0.15, 0.2) is 53.0 Å². The minimum Gasteiger partial charge on any atom is -0.352 e. The quantitative estimate of drug-likeness (QED) is 0.486. The second-order valence-corrected chi connectivity index (χ2v) is 11.2. The summed E-state index contributed by atoms with van der Waals surface area (Å²) < 4.78 is 42.2. The lowest BCUT2D eigenvalue weighted by Gasteiger charge is -2.33. The molecule has 0 saturated heterocycles. The largest absolute Gasteiger partial charge is 0.352 e. The van der Waals surface area contributed by atoms with Crippen LogP contribution in [0.4, 0.5) is 10.1 Å². The minimum absolute atomic E-state index is 0.0875. The van der Waals surface area contributed by atoms with Gasteiger partial charge in [-0.15, -0.1) is 0 Å². The first-order valence-electron chi connectivity index (χ1n) is 10.6. The molecule has 1 N–H and O–H groups in total. The second kappa shape index (κ2) is 11.8. The Morgan fingerprint density at radius 1 is 1.06 bits per heavy atom. The topological polar surface area (TPSA) is 90.0 Å². The van der Waals surface area contributed by atoms with Gasteiger partial charge in [0, 0.05) is 31.2 Å². The van der Waals surface area contributed by atoms with Crippen molar-refractivity contribution < 1.29 is 22.4 Å². The highest BCUT2D eigenvalue weighted by Crippen LogP contribution is 2.22. The van der Waals surface area contributed by atoms with E-state index in [4.69, 9.17) is 0 Å². The van der Waals surface area contributed by atoms with Gasteiger partial charge in [-0.05, 0) is 62.7 Å². The van der Waals surface area contributed by atoms with E-state index in [2.05, 4.69) is 21.2 Å². The summed E-state index contributed by atoms with van der Waals surface area (Å²) in [6, 6.07) is 11.1. The molecule has 0 aromatic heterocycles. The van der Waals surface area contributed by atoms with Crippen LogP contribution in [0.2, 0.25) is 0 Å². The van der Waals surface area contributed by atoms with E-state index in [1.165, 1.54) is 31.1 Å². The van der Waals surface area contributed by atoms with Gasteiger partial charge in [0.05, 0.1) is 5.69 Å². The molecule has 0 spiro atoms. The Morgan fingerprint density at radius 3 is 2.21 bits per heavy atom. The van der Waals surface area contributed by atoms with Crippen LogP contribution in [0.3, 0.4) is 0 Å². The highest BCUT2D eigenvalue weighted by Gasteiger charge is 2.32. The highest BCUT2D eigenvalue weighted by atomic mass is 79.9. The summed E-state index contributed by atoms with van der Waals surface area (Å²) >= 11 is 3.40. The van der Waals surface area contributed by atoms with Gasteiger partial charge in [-0.2, -0.15) is 12.7 Å². The Kier molecular flexibility index (Phi) is 9.60. The first kappa shape index (κ1) is 27.7. The Hall–Kier alpha value is -2.50. The van der Waals surface area contributed by atoms with Crippen molar-refractivity contribution in [1.82, 2.24) is 14.5 Å². The van der Waals surface area contributed by atoms with Gasteiger partial charge in [0.2, 0.25) is 11.8 Å². The molecule has 0 radical (unpaired) electrons. The molecule has 0 aliphatic rings. The second-order valence-electron chi connectivity index (χ2n) is 8.26. The molecule has 0 heterocycles. The normalized spacial score (nSPS) is 12.5. The van der Waals surface area contributed by atoms with E-state index >= 15 is 0 Å². The van der Waals surface area contributed by atoms with Gasteiger partial charge in [-0.25, -0.2) is 8.70 Å². The fraction of sp³-hybridized carbons (Fsp3) is 0.391.